The molecule has 0 spiro atoms. The quantitative estimate of drug-likeness (QED) is 0.0253. The number of benzene rings is 3. The number of esters is 5. The predicted octanol–water partition coefficient (Wildman–Crippen LogP) is 8.79. The van der Waals surface area contributed by atoms with E-state index < -0.39 is 137 Å². The number of hydrogen-bond donors (Lipinski definition) is 0. The molecule has 0 bridgehead atoms. The summed E-state index contributed by atoms with van der Waals surface area (Å²) >= 11 is 0. The van der Waals surface area contributed by atoms with Gasteiger partial charge in [-0.05, 0) is 127 Å². The first kappa shape index (κ1) is 78.8. The van der Waals surface area contributed by atoms with Crippen LogP contribution in [0.25, 0.3) is 0 Å². The second-order valence-electron chi connectivity index (χ2n) is 28.6. The average molecular weight is 1370 g/mol. The van der Waals surface area contributed by atoms with Crippen LogP contribution in [0, 0.1) is 17.8 Å². The zero-order valence-corrected chi connectivity index (χ0v) is 59.9. The maximum absolute atomic E-state index is 16.1. The Balaban J connectivity index is 1.27. The van der Waals surface area contributed by atoms with Crippen molar-refractivity contribution in [3.8, 4) is 0 Å². The zero-order valence-electron chi connectivity index (χ0n) is 59.9. The summed E-state index contributed by atoms with van der Waals surface area (Å²) in [6.45, 7) is 26.5. The van der Waals surface area contributed by atoms with Gasteiger partial charge in [0.05, 0.1) is 26.4 Å². The number of nitrogens with zero attached hydrogens (tertiary/aromatic N) is 6. The van der Waals surface area contributed by atoms with Gasteiger partial charge < -0.3 is 62.4 Å². The molecule has 0 N–H and O–H groups in total. The van der Waals surface area contributed by atoms with E-state index in [0.717, 1.165) is 51.9 Å². The number of likely N-dealkylation sites (N-methyl/N-ethyl adjacent to an activating group) is 4. The normalized spacial score (nSPS) is 18.3. The summed E-state index contributed by atoms with van der Waals surface area (Å²) in [4.78, 5) is 138. The van der Waals surface area contributed by atoms with E-state index >= 15 is 18.4 Å². The standard InChI is InChI=1S/C73H102F2N6O17/c1-46(2)39-56(76(14)62(83)59(40-50-23-27-53(28-24-50)80-31-35-91-36-32-80)96-67(88)58(44-72(12,13)75)78(16)69(90)98-70(7,8)9)65(86)94-48(5)61(82)77(15)57(43-71(10,11)74)66(87)97-60(41-51-25-29-54(30-26-51)81-33-37-92-38-34-81)63(84)79(17)73(42-55(73)47(3)4)68(89)95-49(6)64(85)93-45-52-21-19-18-20-22-52/h18-30,46-47,49,55-60H,5,31-45H2,1-4,6-17H3/t49?,55?,56-,57?,58-,59+,60?,73?/m0/s1. The van der Waals surface area contributed by atoms with Crippen molar-refractivity contribution in [3.05, 3.63) is 108 Å². The van der Waals surface area contributed by atoms with Crippen LogP contribution in [0.3, 0.4) is 0 Å². The second-order valence-corrected chi connectivity index (χ2v) is 28.6. The van der Waals surface area contributed by atoms with Crippen LogP contribution in [0.2, 0.25) is 0 Å². The lowest BCUT2D eigenvalue weighted by Crippen LogP contribution is -2.54. The molecule has 0 radical (unpaired) electrons. The Morgan fingerprint density at radius 2 is 1.04 bits per heavy atom. The number of alkyl halides is 2. The number of ether oxygens (including phenoxy) is 8. The van der Waals surface area contributed by atoms with Crippen molar-refractivity contribution in [3.63, 3.8) is 0 Å². The molecule has 98 heavy (non-hydrogen) atoms. The van der Waals surface area contributed by atoms with Crippen LogP contribution in [-0.2, 0) is 95.7 Å². The van der Waals surface area contributed by atoms with Gasteiger partial charge in [-0.2, -0.15) is 0 Å². The number of morpholine rings is 2. The first-order valence-electron chi connectivity index (χ1n) is 33.5. The third-order valence-electron chi connectivity index (χ3n) is 17.5. The number of carbonyl (C=O) groups excluding carboxylic acids is 9. The molecule has 2 heterocycles. The van der Waals surface area contributed by atoms with Gasteiger partial charge in [-0.1, -0.05) is 88.9 Å². The molecule has 540 valence electrons. The van der Waals surface area contributed by atoms with Crippen LogP contribution in [0.1, 0.15) is 125 Å². The molecule has 0 aromatic heterocycles. The van der Waals surface area contributed by atoms with E-state index in [9.17, 15) is 33.6 Å². The lowest BCUT2D eigenvalue weighted by Gasteiger charge is -2.35. The van der Waals surface area contributed by atoms with E-state index in [4.69, 9.17) is 37.9 Å². The summed E-state index contributed by atoms with van der Waals surface area (Å²) < 4.78 is 77.4. The Labute approximate surface area is 575 Å². The maximum Gasteiger partial charge on any atom is 0.410 e. The SMILES string of the molecule is C=C(OC(=O)[C@H](CC(C)C)N(C)C(=O)[C@@H](Cc1ccc(N2CCOCC2)cc1)OC(=O)[C@H](CC(C)(C)F)N(C)C(=O)OC(C)(C)C)C(=O)N(C)C(CC(C)(C)F)C(=O)OC(Cc1ccc(N2CCOCC2)cc1)C(=O)N(C)C1(C(=O)OC(C)C(=O)OCc2ccccc2)CC1C(C)C. The molecule has 6 rings (SSSR count). The summed E-state index contributed by atoms with van der Waals surface area (Å²) in [6, 6.07) is 18.3. The fraction of sp³-hybridized carbons (Fsp3) is 0.603. The highest BCUT2D eigenvalue weighted by atomic mass is 19.1. The third-order valence-corrected chi connectivity index (χ3v) is 17.5. The van der Waals surface area contributed by atoms with E-state index in [2.05, 4.69) is 16.4 Å². The third kappa shape index (κ3) is 22.2. The summed E-state index contributed by atoms with van der Waals surface area (Å²) in [5.74, 6) is -10.1. The summed E-state index contributed by atoms with van der Waals surface area (Å²) in [5, 5.41) is 0. The molecule has 1 aliphatic carbocycles. The summed E-state index contributed by atoms with van der Waals surface area (Å²) in [5.41, 5.74) is -3.39. The molecule has 3 aliphatic rings. The van der Waals surface area contributed by atoms with Crippen molar-refractivity contribution >= 4 is 65.0 Å². The molecule has 3 fully saturated rings. The van der Waals surface area contributed by atoms with E-state index in [-0.39, 0.29) is 44.1 Å². The summed E-state index contributed by atoms with van der Waals surface area (Å²) in [7, 11) is 5.03. The smallest absolute Gasteiger partial charge is 0.410 e. The van der Waals surface area contributed by atoms with Crippen LogP contribution < -0.4 is 9.80 Å². The van der Waals surface area contributed by atoms with Gasteiger partial charge in [-0.15, -0.1) is 0 Å². The predicted molar refractivity (Wildman–Crippen MR) is 362 cm³/mol. The van der Waals surface area contributed by atoms with Crippen LogP contribution >= 0.6 is 0 Å². The van der Waals surface area contributed by atoms with Gasteiger partial charge in [-0.25, -0.2) is 37.5 Å². The van der Waals surface area contributed by atoms with Crippen molar-refractivity contribution < 1.29 is 89.8 Å². The highest BCUT2D eigenvalue weighted by molar-refractivity contribution is 5.98. The van der Waals surface area contributed by atoms with Crippen LogP contribution in [0.5, 0.6) is 0 Å². The fourth-order valence-corrected chi connectivity index (χ4v) is 11.9. The highest BCUT2D eigenvalue weighted by Gasteiger charge is 2.67. The minimum Gasteiger partial charge on any atom is -0.458 e. The molecule has 2 saturated heterocycles. The minimum absolute atomic E-state index is 0.0827. The van der Waals surface area contributed by atoms with Gasteiger partial charge in [0.1, 0.15) is 47.2 Å². The van der Waals surface area contributed by atoms with E-state index in [1.54, 1.807) is 83.1 Å². The molecule has 25 heteroatoms. The van der Waals surface area contributed by atoms with Gasteiger partial charge in [0.2, 0.25) is 0 Å². The second kappa shape index (κ2) is 34.1. The molecular weight excluding hydrogens is 1270 g/mol. The van der Waals surface area contributed by atoms with E-state index in [1.165, 1.54) is 41.9 Å². The molecule has 3 aromatic rings. The topological polar surface area (TPSA) is 247 Å². The Kier molecular flexibility index (Phi) is 27.4. The molecular formula is C73H102F2N6O17. The first-order chi connectivity index (χ1) is 45.8. The molecule has 2 aliphatic heterocycles. The van der Waals surface area contributed by atoms with Crippen LogP contribution in [-0.4, -0.2) is 213 Å². The lowest BCUT2D eigenvalue weighted by atomic mass is 9.99. The van der Waals surface area contributed by atoms with Gasteiger partial charge in [-0.3, -0.25) is 19.3 Å². The molecule has 23 nitrogen and oxygen atoms in total. The van der Waals surface area contributed by atoms with E-state index in [0.29, 0.717) is 69.3 Å². The zero-order chi connectivity index (χ0) is 72.8. The number of halogens is 2. The monoisotopic (exact) mass is 1370 g/mol. The largest absolute Gasteiger partial charge is 0.458 e. The molecule has 4 amide bonds. The van der Waals surface area contributed by atoms with Crippen molar-refractivity contribution in [2.24, 2.45) is 17.8 Å². The van der Waals surface area contributed by atoms with E-state index in [1.807, 2.05) is 44.2 Å². The summed E-state index contributed by atoms with van der Waals surface area (Å²) in [6.07, 6.45) is -7.54. The minimum atomic E-state index is -2.20. The van der Waals surface area contributed by atoms with Crippen molar-refractivity contribution in [2.75, 3.05) is 90.6 Å². The Hall–Kier alpha value is -8.19. The van der Waals surface area contributed by atoms with Crippen molar-refractivity contribution in [2.45, 2.75) is 187 Å². The fourth-order valence-electron chi connectivity index (χ4n) is 11.9. The van der Waals surface area contributed by atoms with Crippen molar-refractivity contribution in [1.82, 2.24) is 19.6 Å². The number of anilines is 2. The highest BCUT2D eigenvalue weighted by Crippen LogP contribution is 2.53. The number of rotatable bonds is 31. The number of amides is 4. The van der Waals surface area contributed by atoms with Gasteiger partial charge >= 0.3 is 35.9 Å². The molecule has 3 aromatic carbocycles. The van der Waals surface area contributed by atoms with Crippen molar-refractivity contribution in [1.29, 1.82) is 0 Å². The van der Waals surface area contributed by atoms with Gasteiger partial charge in [0.15, 0.2) is 24.1 Å². The average Bonchev–Trinajstić information content (AvgIpc) is 1.55. The molecule has 1 saturated carbocycles. The lowest BCUT2D eigenvalue weighted by molar-refractivity contribution is -0.176. The van der Waals surface area contributed by atoms with Crippen LogP contribution in [0.15, 0.2) is 91.2 Å². The van der Waals surface area contributed by atoms with Gasteiger partial charge in [0, 0.05) is 91.4 Å². The molecule has 8 atom stereocenters. The number of carbonyl (C=O) groups is 9. The first-order valence-corrected chi connectivity index (χ1v) is 33.5. The van der Waals surface area contributed by atoms with Crippen LogP contribution in [0.4, 0.5) is 25.0 Å². The Bertz CT molecular complexity index is 3250. The molecule has 5 unspecified atom stereocenters. The Morgan fingerprint density at radius 3 is 1.47 bits per heavy atom. The number of hydrogen-bond acceptors (Lipinski definition) is 19. The Morgan fingerprint density at radius 1 is 0.582 bits per heavy atom. The maximum atomic E-state index is 16.1. The van der Waals surface area contributed by atoms with Gasteiger partial charge in [0.25, 0.3) is 17.7 Å².